The van der Waals surface area contributed by atoms with Crippen LogP contribution in [0.15, 0.2) is 0 Å². The summed E-state index contributed by atoms with van der Waals surface area (Å²) in [5, 5.41) is 21.1. The maximum Gasteiger partial charge on any atom is 0.508 e. The van der Waals surface area contributed by atoms with Crippen LogP contribution in [0.1, 0.15) is 40.0 Å². The molecule has 1 unspecified atom stereocenters. The number of carbonyl (C=O) groups excluding carboxylic acids is 3. The Morgan fingerprint density at radius 3 is 2.05 bits per heavy atom. The molecule has 0 aromatic rings. The van der Waals surface area contributed by atoms with Gasteiger partial charge in [0.05, 0.1) is 32.8 Å². The van der Waals surface area contributed by atoms with Crippen LogP contribution in [-0.2, 0) is 38.2 Å². The molecule has 18 heteroatoms. The Labute approximate surface area is 224 Å². The van der Waals surface area contributed by atoms with Gasteiger partial charge in [-0.1, -0.05) is 0 Å². The zero-order valence-electron chi connectivity index (χ0n) is 22.2. The predicted octanol–water partition coefficient (Wildman–Crippen LogP) is 0.864. The highest BCUT2D eigenvalue weighted by Crippen LogP contribution is 2.15. The Hall–Kier alpha value is -3.67. The van der Waals surface area contributed by atoms with Gasteiger partial charge in [-0.15, -0.1) is 20.2 Å². The van der Waals surface area contributed by atoms with Gasteiger partial charge in [-0.25, -0.2) is 9.59 Å². The molecule has 0 aromatic carbocycles. The number of ether oxygens (including phenoxy) is 5. The summed E-state index contributed by atoms with van der Waals surface area (Å²) in [6, 6.07) is -0.163. The van der Waals surface area contributed by atoms with E-state index in [4.69, 9.17) is 23.7 Å². The van der Waals surface area contributed by atoms with Crippen LogP contribution in [0.25, 0.3) is 0 Å². The van der Waals surface area contributed by atoms with Gasteiger partial charge in [-0.05, 0) is 33.6 Å². The standard InChI is InChI=1S/C21H36N4O14/c1-21(2,3)39-19(27)22-16-4-6-23(7-5-16)18(26)14-17(15-34-10-13-37-25(31)32)38-20(28)35-11-8-33-9-12-36-24(29)30/h16-17H,4-15H2,1-3H3,(H,22,27). The molecule has 1 rings (SSSR count). The van der Waals surface area contributed by atoms with Gasteiger partial charge < -0.3 is 43.6 Å². The Morgan fingerprint density at radius 2 is 1.49 bits per heavy atom. The van der Waals surface area contributed by atoms with E-state index in [1.807, 2.05) is 0 Å². The van der Waals surface area contributed by atoms with Crippen molar-refractivity contribution in [1.82, 2.24) is 10.2 Å². The number of carbonyl (C=O) groups is 3. The van der Waals surface area contributed by atoms with Gasteiger partial charge in [-0.3, -0.25) is 4.79 Å². The lowest BCUT2D eigenvalue weighted by molar-refractivity contribution is -0.758. The summed E-state index contributed by atoms with van der Waals surface area (Å²) in [5.74, 6) is -0.331. The van der Waals surface area contributed by atoms with Crippen molar-refractivity contribution in [1.29, 1.82) is 0 Å². The van der Waals surface area contributed by atoms with Crippen molar-refractivity contribution in [3.05, 3.63) is 20.2 Å². The first-order chi connectivity index (χ1) is 18.4. The molecule has 0 aliphatic carbocycles. The maximum atomic E-state index is 12.8. The average Bonchev–Trinajstić information content (AvgIpc) is 2.81. The van der Waals surface area contributed by atoms with Gasteiger partial charge in [0.2, 0.25) is 5.91 Å². The summed E-state index contributed by atoms with van der Waals surface area (Å²) in [5.41, 5.74) is -0.629. The molecule has 0 bridgehead atoms. The zero-order valence-corrected chi connectivity index (χ0v) is 22.2. The van der Waals surface area contributed by atoms with Crippen LogP contribution in [0.3, 0.4) is 0 Å². The summed E-state index contributed by atoms with van der Waals surface area (Å²) < 4.78 is 25.5. The van der Waals surface area contributed by atoms with Gasteiger partial charge >= 0.3 is 12.2 Å². The third kappa shape index (κ3) is 17.5. The van der Waals surface area contributed by atoms with Gasteiger partial charge in [-0.2, -0.15) is 0 Å². The van der Waals surface area contributed by atoms with Crippen LogP contribution in [0.5, 0.6) is 0 Å². The fourth-order valence-electron chi connectivity index (χ4n) is 3.22. The number of nitrogens with one attached hydrogen (secondary N) is 1. The molecule has 1 saturated heterocycles. The number of piperidine rings is 1. The monoisotopic (exact) mass is 568 g/mol. The minimum absolute atomic E-state index is 0.0826. The zero-order chi connectivity index (χ0) is 29.3. The van der Waals surface area contributed by atoms with Crippen molar-refractivity contribution in [3.63, 3.8) is 0 Å². The quantitative estimate of drug-likeness (QED) is 0.111. The molecule has 224 valence electrons. The van der Waals surface area contributed by atoms with E-state index in [0.29, 0.717) is 25.9 Å². The number of rotatable bonds is 17. The second kappa shape index (κ2) is 17.8. The molecule has 1 N–H and O–H groups in total. The number of likely N-dealkylation sites (tertiary alicyclic amines) is 1. The molecule has 39 heavy (non-hydrogen) atoms. The van der Waals surface area contributed by atoms with Crippen molar-refractivity contribution < 1.29 is 57.9 Å². The Bertz CT molecular complexity index is 798. The van der Waals surface area contributed by atoms with E-state index >= 15 is 0 Å². The van der Waals surface area contributed by atoms with Gasteiger partial charge in [0.1, 0.15) is 31.5 Å². The minimum Gasteiger partial charge on any atom is -0.444 e. The molecule has 1 aliphatic rings. The first kappa shape index (κ1) is 33.4. The highest BCUT2D eigenvalue weighted by molar-refractivity contribution is 5.77. The van der Waals surface area contributed by atoms with Gasteiger partial charge in [0, 0.05) is 19.1 Å². The second-order valence-electron chi connectivity index (χ2n) is 9.14. The van der Waals surface area contributed by atoms with E-state index in [1.54, 1.807) is 25.7 Å². The largest absolute Gasteiger partial charge is 0.508 e. The first-order valence-corrected chi connectivity index (χ1v) is 12.2. The summed E-state index contributed by atoms with van der Waals surface area (Å²) in [7, 11) is 0. The molecule has 0 aromatic heterocycles. The van der Waals surface area contributed by atoms with Gasteiger partial charge in [0.25, 0.3) is 10.2 Å². The lowest BCUT2D eigenvalue weighted by atomic mass is 10.0. The summed E-state index contributed by atoms with van der Waals surface area (Å²) in [6.07, 6.45) is -1.95. The van der Waals surface area contributed by atoms with Crippen LogP contribution >= 0.6 is 0 Å². The third-order valence-electron chi connectivity index (χ3n) is 4.83. The molecule has 1 fully saturated rings. The van der Waals surface area contributed by atoms with Crippen LogP contribution in [0.4, 0.5) is 9.59 Å². The van der Waals surface area contributed by atoms with Gasteiger partial charge in [0.15, 0.2) is 0 Å². The molecular weight excluding hydrogens is 532 g/mol. The maximum absolute atomic E-state index is 12.8. The van der Waals surface area contributed by atoms with Crippen LogP contribution < -0.4 is 5.32 Å². The predicted molar refractivity (Wildman–Crippen MR) is 127 cm³/mol. The van der Waals surface area contributed by atoms with E-state index in [0.717, 1.165) is 0 Å². The Balaban J connectivity index is 2.48. The molecule has 1 aliphatic heterocycles. The van der Waals surface area contributed by atoms with Crippen molar-refractivity contribution in [3.8, 4) is 0 Å². The van der Waals surface area contributed by atoms with Crippen molar-refractivity contribution in [2.45, 2.75) is 57.8 Å². The van der Waals surface area contributed by atoms with Crippen LogP contribution in [0, 0.1) is 20.2 Å². The number of alkyl carbamates (subject to hydrolysis) is 1. The minimum atomic E-state index is -1.11. The summed E-state index contributed by atoms with van der Waals surface area (Å²) >= 11 is 0. The van der Waals surface area contributed by atoms with Crippen LogP contribution in [-0.4, -0.2) is 110 Å². The normalized spacial score (nSPS) is 14.6. The average molecular weight is 569 g/mol. The van der Waals surface area contributed by atoms with E-state index in [-0.39, 0.29) is 64.6 Å². The number of amides is 2. The lowest BCUT2D eigenvalue weighted by Crippen LogP contribution is -2.48. The van der Waals surface area contributed by atoms with Crippen molar-refractivity contribution in [2.75, 3.05) is 59.3 Å². The molecule has 1 atom stereocenters. The molecule has 1 heterocycles. The van der Waals surface area contributed by atoms with E-state index in [2.05, 4.69) is 15.0 Å². The first-order valence-electron chi connectivity index (χ1n) is 12.2. The number of hydrogen-bond acceptors (Lipinski definition) is 14. The highest BCUT2D eigenvalue weighted by atomic mass is 17.0. The van der Waals surface area contributed by atoms with Crippen molar-refractivity contribution in [2.24, 2.45) is 0 Å². The summed E-state index contributed by atoms with van der Waals surface area (Å²) in [4.78, 5) is 66.9. The fourth-order valence-corrected chi connectivity index (χ4v) is 3.22. The molecular formula is C21H36N4O14. The van der Waals surface area contributed by atoms with Crippen molar-refractivity contribution >= 4 is 18.2 Å². The number of hydrogen-bond donors (Lipinski definition) is 1. The third-order valence-corrected chi connectivity index (χ3v) is 4.83. The second-order valence-corrected chi connectivity index (χ2v) is 9.14. The molecule has 0 saturated carbocycles. The topological polar surface area (TPSA) is 217 Å². The smallest absolute Gasteiger partial charge is 0.444 e. The molecule has 2 amide bonds. The Kier molecular flexibility index (Phi) is 15.2. The molecule has 0 spiro atoms. The van der Waals surface area contributed by atoms with E-state index in [1.165, 1.54) is 0 Å². The van der Waals surface area contributed by atoms with E-state index < -0.39 is 34.1 Å². The molecule has 18 nitrogen and oxygen atoms in total. The Morgan fingerprint density at radius 1 is 0.923 bits per heavy atom. The lowest BCUT2D eigenvalue weighted by Gasteiger charge is -2.33. The SMILES string of the molecule is CC(C)(C)OC(=O)NC1CCN(C(=O)CC(COCCO[N+](=O)[O-])OC(=O)OCCOCCO[N+](=O)[O-])CC1. The fraction of sp³-hybridized carbons (Fsp3) is 0.857. The van der Waals surface area contributed by atoms with Crippen LogP contribution in [0.2, 0.25) is 0 Å². The highest BCUT2D eigenvalue weighted by Gasteiger charge is 2.28. The van der Waals surface area contributed by atoms with E-state index in [9.17, 15) is 34.6 Å². The summed E-state index contributed by atoms with van der Waals surface area (Å²) in [6.45, 7) is 4.49. The number of nitrogens with zero attached hydrogens (tertiary/aromatic N) is 3. The molecule has 0 radical (unpaired) electrons.